The molecule has 3 heteroatoms. The van der Waals surface area contributed by atoms with E-state index in [0.29, 0.717) is 6.54 Å². The largest absolute Gasteiger partial charge is 0.384 e. The molecule has 104 valence electrons. The molecule has 1 aromatic carbocycles. The van der Waals surface area contributed by atoms with E-state index in [4.69, 9.17) is 10.5 Å². The highest BCUT2D eigenvalue weighted by Crippen LogP contribution is 2.27. The number of nitrogens with one attached hydrogen (secondary N) is 1. The van der Waals surface area contributed by atoms with Crippen LogP contribution in [0, 0.1) is 19.3 Å². The van der Waals surface area contributed by atoms with Gasteiger partial charge in [-0.2, -0.15) is 0 Å². The van der Waals surface area contributed by atoms with Crippen molar-refractivity contribution in [3.8, 4) is 0 Å². The van der Waals surface area contributed by atoms with Gasteiger partial charge in [0.25, 0.3) is 0 Å². The van der Waals surface area contributed by atoms with Crippen LogP contribution in [0.1, 0.15) is 26.4 Å². The molecule has 0 bridgehead atoms. The minimum atomic E-state index is 0. The van der Waals surface area contributed by atoms with Crippen LogP contribution < -0.4 is 11.1 Å². The number of aryl methyl sites for hydroxylation is 2. The van der Waals surface area contributed by atoms with E-state index in [2.05, 4.69) is 37.4 Å². The predicted molar refractivity (Wildman–Crippen MR) is 80.2 cm³/mol. The second-order valence-electron chi connectivity index (χ2n) is 4.87. The Bertz CT molecular complexity index is 373. The molecule has 1 fully saturated rings. The molecule has 0 aromatic heterocycles. The van der Waals surface area contributed by atoms with Crippen molar-refractivity contribution in [2.75, 3.05) is 31.6 Å². The van der Waals surface area contributed by atoms with Gasteiger partial charge in [-0.25, -0.2) is 0 Å². The van der Waals surface area contributed by atoms with Gasteiger partial charge >= 0.3 is 0 Å². The fourth-order valence-corrected chi connectivity index (χ4v) is 1.98. The number of ether oxygens (including phenoxy) is 1. The molecule has 0 aliphatic carbocycles. The summed E-state index contributed by atoms with van der Waals surface area (Å²) < 4.78 is 5.25. The van der Waals surface area contributed by atoms with Crippen molar-refractivity contribution >= 4 is 5.69 Å². The Morgan fingerprint density at radius 2 is 2.00 bits per heavy atom. The normalized spacial score (nSPS) is 16.3. The maximum Gasteiger partial charge on any atom is 0.0574 e. The molecule has 3 nitrogen and oxygen atoms in total. The van der Waals surface area contributed by atoms with Crippen LogP contribution in [0.25, 0.3) is 0 Å². The smallest absolute Gasteiger partial charge is 0.0574 e. The molecule has 1 aromatic rings. The molecule has 0 saturated carbocycles. The summed E-state index contributed by atoms with van der Waals surface area (Å²) in [5.74, 6) is 0. The predicted octanol–water partition coefficient (Wildman–Crippen LogP) is 2.96. The number of rotatable bonds is 4. The summed E-state index contributed by atoms with van der Waals surface area (Å²) in [6.07, 6.45) is 0. The molecule has 1 saturated heterocycles. The molecule has 0 spiro atoms. The summed E-state index contributed by atoms with van der Waals surface area (Å²) in [6, 6.07) is 6.45. The van der Waals surface area contributed by atoms with Crippen molar-refractivity contribution in [2.24, 2.45) is 11.1 Å². The molecule has 2 rings (SSSR count). The third-order valence-electron chi connectivity index (χ3n) is 3.29. The summed E-state index contributed by atoms with van der Waals surface area (Å²) >= 11 is 0. The van der Waals surface area contributed by atoms with Crippen molar-refractivity contribution in [2.45, 2.75) is 27.7 Å². The molecular weight excluding hydrogens is 224 g/mol. The zero-order valence-electron chi connectivity index (χ0n) is 12.0. The average Bonchev–Trinajstić information content (AvgIpc) is 2.33. The maximum atomic E-state index is 5.78. The second-order valence-corrected chi connectivity index (χ2v) is 4.87. The highest BCUT2D eigenvalue weighted by atomic mass is 16.5. The van der Waals surface area contributed by atoms with Gasteiger partial charge in [0.2, 0.25) is 0 Å². The van der Waals surface area contributed by atoms with Crippen LogP contribution in [0.2, 0.25) is 0 Å². The van der Waals surface area contributed by atoms with Crippen LogP contribution in [-0.2, 0) is 4.74 Å². The van der Waals surface area contributed by atoms with E-state index >= 15 is 0 Å². The van der Waals surface area contributed by atoms with Crippen LogP contribution in [0.5, 0.6) is 0 Å². The minimum Gasteiger partial charge on any atom is -0.384 e. The molecule has 3 N–H and O–H groups in total. The molecule has 1 aliphatic heterocycles. The lowest BCUT2D eigenvalue weighted by Crippen LogP contribution is -2.52. The quantitative estimate of drug-likeness (QED) is 0.866. The number of nitrogens with two attached hydrogens (primary N) is 1. The lowest BCUT2D eigenvalue weighted by molar-refractivity contribution is -0.0979. The van der Waals surface area contributed by atoms with Gasteiger partial charge in [0.05, 0.1) is 13.2 Å². The van der Waals surface area contributed by atoms with E-state index in [1.54, 1.807) is 0 Å². The van der Waals surface area contributed by atoms with Crippen molar-refractivity contribution in [3.05, 3.63) is 29.3 Å². The molecule has 0 radical (unpaired) electrons. The van der Waals surface area contributed by atoms with Gasteiger partial charge < -0.3 is 15.8 Å². The van der Waals surface area contributed by atoms with E-state index < -0.39 is 0 Å². The van der Waals surface area contributed by atoms with Gasteiger partial charge in [-0.1, -0.05) is 31.5 Å². The van der Waals surface area contributed by atoms with Gasteiger partial charge in [0.15, 0.2) is 0 Å². The van der Waals surface area contributed by atoms with Gasteiger partial charge in [-0.15, -0.1) is 0 Å². The number of anilines is 1. The lowest BCUT2D eigenvalue weighted by Gasteiger charge is -2.40. The van der Waals surface area contributed by atoms with Gasteiger partial charge in [-0.05, 0) is 25.5 Å². The van der Waals surface area contributed by atoms with E-state index in [1.165, 1.54) is 16.8 Å². The van der Waals surface area contributed by atoms with E-state index in [-0.39, 0.29) is 6.84 Å². The highest BCUT2D eigenvalue weighted by molar-refractivity contribution is 5.52. The van der Waals surface area contributed by atoms with Crippen LogP contribution >= 0.6 is 0 Å². The maximum absolute atomic E-state index is 5.78. The Kier molecular flexibility index (Phi) is 5.63. The summed E-state index contributed by atoms with van der Waals surface area (Å²) in [5, 5.41) is 3.47. The summed E-state index contributed by atoms with van der Waals surface area (Å²) in [7, 11) is 0. The first kappa shape index (κ1) is 15.0. The van der Waals surface area contributed by atoms with E-state index in [0.717, 1.165) is 19.8 Å². The lowest BCUT2D eigenvalue weighted by atomic mass is 9.86. The molecule has 0 amide bonds. The second kappa shape index (κ2) is 6.76. The monoisotopic (exact) mass is 252 g/mol. The average molecular weight is 252 g/mol. The molecule has 1 heterocycles. The third kappa shape index (κ3) is 3.47. The standard InChI is InChI=1S/C13H20N2O.C2H6.H2/c1-10-3-4-12(11(2)5-10)15-7-13(6-14)8-16-9-13;1-2;/h3-5,15H,6-9,14H2,1-2H3;1-2H3;1H. The van der Waals surface area contributed by atoms with Gasteiger partial charge in [-0.3, -0.25) is 0 Å². The number of benzene rings is 1. The van der Waals surface area contributed by atoms with Crippen LogP contribution in [0.3, 0.4) is 0 Å². The number of hydrogen-bond donors (Lipinski definition) is 2. The Labute approximate surface area is 112 Å². The van der Waals surface area contributed by atoms with Gasteiger partial charge in [0, 0.05) is 25.6 Å². The van der Waals surface area contributed by atoms with Crippen molar-refractivity contribution in [1.29, 1.82) is 0 Å². The Morgan fingerprint density at radius 1 is 1.33 bits per heavy atom. The molecule has 0 unspecified atom stereocenters. The Balaban J connectivity index is 0.00000103. The SMILES string of the molecule is CC.Cc1ccc(NCC2(CN)COC2)c(C)c1.[HH]. The Morgan fingerprint density at radius 3 is 2.44 bits per heavy atom. The molecule has 1 aliphatic rings. The highest BCUT2D eigenvalue weighted by Gasteiger charge is 2.36. The zero-order valence-corrected chi connectivity index (χ0v) is 12.0. The molecular formula is C15H28N2O. The number of hydrogen-bond acceptors (Lipinski definition) is 3. The topological polar surface area (TPSA) is 47.3 Å². The Hall–Kier alpha value is -1.06. The zero-order chi connectivity index (χ0) is 13.6. The van der Waals surface area contributed by atoms with E-state index in [1.807, 2.05) is 13.8 Å². The third-order valence-corrected chi connectivity index (χ3v) is 3.29. The molecule has 18 heavy (non-hydrogen) atoms. The van der Waals surface area contributed by atoms with Crippen molar-refractivity contribution in [3.63, 3.8) is 0 Å². The fourth-order valence-electron chi connectivity index (χ4n) is 1.98. The minimum absolute atomic E-state index is 0. The fraction of sp³-hybridized carbons (Fsp3) is 0.600. The summed E-state index contributed by atoms with van der Waals surface area (Å²) in [4.78, 5) is 0. The van der Waals surface area contributed by atoms with Crippen LogP contribution in [0.15, 0.2) is 18.2 Å². The summed E-state index contributed by atoms with van der Waals surface area (Å²) in [5.41, 5.74) is 9.70. The van der Waals surface area contributed by atoms with Gasteiger partial charge in [0.1, 0.15) is 0 Å². The van der Waals surface area contributed by atoms with Crippen LogP contribution in [0.4, 0.5) is 5.69 Å². The molecule has 0 atom stereocenters. The van der Waals surface area contributed by atoms with Crippen LogP contribution in [-0.4, -0.2) is 26.3 Å². The summed E-state index contributed by atoms with van der Waals surface area (Å²) in [6.45, 7) is 11.4. The van der Waals surface area contributed by atoms with E-state index in [9.17, 15) is 0 Å². The van der Waals surface area contributed by atoms with Crippen molar-refractivity contribution in [1.82, 2.24) is 0 Å². The first-order valence-electron chi connectivity index (χ1n) is 6.74. The first-order valence-corrected chi connectivity index (χ1v) is 6.74. The first-order chi connectivity index (χ1) is 8.65. The van der Waals surface area contributed by atoms with Crippen molar-refractivity contribution < 1.29 is 6.16 Å².